The van der Waals surface area contributed by atoms with Gasteiger partial charge in [-0.2, -0.15) is 4.98 Å². The van der Waals surface area contributed by atoms with E-state index in [0.717, 1.165) is 50.2 Å². The topological polar surface area (TPSA) is 80.1 Å². The molecule has 146 valence electrons. The minimum Gasteiger partial charge on any atom is -0.302 e. The molecule has 0 radical (unpaired) electrons. The average Bonchev–Trinajstić information content (AvgIpc) is 3.34. The first kappa shape index (κ1) is 20.0. The van der Waals surface area contributed by atoms with E-state index in [0.29, 0.717) is 16.7 Å². The molecule has 0 atom stereocenters. The van der Waals surface area contributed by atoms with E-state index >= 15 is 0 Å². The highest BCUT2D eigenvalue weighted by Gasteiger charge is 2.22. The van der Waals surface area contributed by atoms with Gasteiger partial charge in [0, 0.05) is 35.9 Å². The van der Waals surface area contributed by atoms with Crippen molar-refractivity contribution in [2.24, 2.45) is 0 Å². The van der Waals surface area contributed by atoms with Gasteiger partial charge in [0.2, 0.25) is 5.91 Å². The maximum atomic E-state index is 12.6. The minimum absolute atomic E-state index is 0.130. The van der Waals surface area contributed by atoms with Gasteiger partial charge in [-0.25, -0.2) is 9.78 Å². The smallest absolute Gasteiger partial charge is 0.302 e. The molecular weight excluding hydrogens is 382 g/mol. The number of nitrogens with zero attached hydrogens (tertiary/aromatic N) is 4. The Kier molecular flexibility index (Phi) is 7.03. The van der Waals surface area contributed by atoms with Crippen LogP contribution in [0, 0.1) is 0 Å². The molecule has 0 spiro atoms. The van der Waals surface area contributed by atoms with Crippen molar-refractivity contribution < 1.29 is 4.79 Å². The van der Waals surface area contributed by atoms with Gasteiger partial charge in [-0.05, 0) is 32.4 Å². The predicted octanol–water partition coefficient (Wildman–Crippen LogP) is 2.26. The lowest BCUT2D eigenvalue weighted by Crippen LogP contribution is -2.34. The molecule has 0 aliphatic heterocycles. The minimum atomic E-state index is -0.203. The van der Waals surface area contributed by atoms with Crippen LogP contribution < -0.4 is 11.0 Å². The van der Waals surface area contributed by atoms with Crippen molar-refractivity contribution in [3.8, 4) is 0 Å². The van der Waals surface area contributed by atoms with Crippen LogP contribution in [0.2, 0.25) is 0 Å². The fourth-order valence-corrected chi connectivity index (χ4v) is 4.71. The lowest BCUT2D eigenvalue weighted by Gasteiger charge is -2.20. The first-order valence-corrected chi connectivity index (χ1v) is 11.2. The second kappa shape index (κ2) is 9.48. The molecule has 0 saturated heterocycles. The standard InChI is InChI=1S/C18H25N5O2S2/c1-3-22(4-2)9-10-23-14-7-5-6-13(14)16(21-18(23)25)27-12-15(24)20-17-19-8-11-26-17/h8,11H,3-7,9-10,12H2,1-2H3,(H,19,20,24). The number of thioether (sulfide) groups is 1. The molecule has 1 aliphatic rings. The summed E-state index contributed by atoms with van der Waals surface area (Å²) in [4.78, 5) is 35.4. The first-order valence-electron chi connectivity index (χ1n) is 9.29. The van der Waals surface area contributed by atoms with Gasteiger partial charge in [0.15, 0.2) is 5.13 Å². The Hall–Kier alpha value is -1.71. The molecule has 1 N–H and O–H groups in total. The van der Waals surface area contributed by atoms with Crippen molar-refractivity contribution in [2.45, 2.75) is 44.7 Å². The van der Waals surface area contributed by atoms with E-state index in [1.807, 2.05) is 9.95 Å². The molecule has 3 rings (SSSR count). The largest absolute Gasteiger partial charge is 0.348 e. The van der Waals surface area contributed by atoms with E-state index in [4.69, 9.17) is 0 Å². The molecule has 2 aromatic heterocycles. The van der Waals surface area contributed by atoms with Gasteiger partial charge in [0.05, 0.1) is 5.75 Å². The molecule has 0 unspecified atom stereocenters. The zero-order chi connectivity index (χ0) is 19.2. The number of likely N-dealkylation sites (N-methyl/N-ethyl adjacent to an activating group) is 1. The summed E-state index contributed by atoms with van der Waals surface area (Å²) in [7, 11) is 0. The Labute approximate surface area is 167 Å². The Bertz CT molecular complexity index is 831. The van der Waals surface area contributed by atoms with Crippen LogP contribution in [0.5, 0.6) is 0 Å². The number of anilines is 1. The molecule has 2 heterocycles. The Morgan fingerprint density at radius 2 is 2.19 bits per heavy atom. The van der Waals surface area contributed by atoms with Crippen LogP contribution in [0.25, 0.3) is 0 Å². The van der Waals surface area contributed by atoms with Crippen molar-refractivity contribution in [1.29, 1.82) is 0 Å². The van der Waals surface area contributed by atoms with Crippen LogP contribution in [-0.4, -0.2) is 50.7 Å². The lowest BCUT2D eigenvalue weighted by molar-refractivity contribution is -0.113. The molecule has 0 bridgehead atoms. The quantitative estimate of drug-likeness (QED) is 0.507. The van der Waals surface area contributed by atoms with E-state index in [1.165, 1.54) is 23.1 Å². The van der Waals surface area contributed by atoms with Gasteiger partial charge in [0.1, 0.15) is 5.03 Å². The van der Waals surface area contributed by atoms with E-state index in [2.05, 4.69) is 34.0 Å². The van der Waals surface area contributed by atoms with Crippen LogP contribution in [0.1, 0.15) is 31.5 Å². The van der Waals surface area contributed by atoms with Crippen molar-refractivity contribution in [1.82, 2.24) is 19.4 Å². The van der Waals surface area contributed by atoms with E-state index in [-0.39, 0.29) is 17.3 Å². The number of thiazole rings is 1. The summed E-state index contributed by atoms with van der Waals surface area (Å²) in [6.45, 7) is 7.73. The van der Waals surface area contributed by atoms with Crippen LogP contribution in [0.15, 0.2) is 21.4 Å². The van der Waals surface area contributed by atoms with E-state index in [1.54, 1.807) is 6.20 Å². The third kappa shape index (κ3) is 4.97. The average molecular weight is 408 g/mol. The summed E-state index contributed by atoms with van der Waals surface area (Å²) in [5.74, 6) is 0.0938. The van der Waals surface area contributed by atoms with Crippen LogP contribution >= 0.6 is 23.1 Å². The molecule has 0 saturated carbocycles. The highest BCUT2D eigenvalue weighted by molar-refractivity contribution is 8.00. The summed E-state index contributed by atoms with van der Waals surface area (Å²) in [5.41, 5.74) is 2.04. The zero-order valence-electron chi connectivity index (χ0n) is 15.7. The van der Waals surface area contributed by atoms with Crippen molar-refractivity contribution in [2.75, 3.05) is 30.7 Å². The highest BCUT2D eigenvalue weighted by atomic mass is 32.2. The van der Waals surface area contributed by atoms with Crippen LogP contribution in [0.4, 0.5) is 5.13 Å². The second-order valence-corrected chi connectivity index (χ2v) is 8.19. The first-order chi connectivity index (χ1) is 13.1. The Balaban J connectivity index is 1.70. The Morgan fingerprint density at radius 3 is 2.89 bits per heavy atom. The van der Waals surface area contributed by atoms with E-state index < -0.39 is 0 Å². The van der Waals surface area contributed by atoms with Crippen LogP contribution in [0.3, 0.4) is 0 Å². The zero-order valence-corrected chi connectivity index (χ0v) is 17.4. The van der Waals surface area contributed by atoms with Gasteiger partial charge in [-0.15, -0.1) is 11.3 Å². The SMILES string of the molecule is CCN(CC)CCn1c2c(c(SCC(=O)Nc3nccs3)nc1=O)CCC2. The molecule has 1 amide bonds. The molecule has 7 nitrogen and oxygen atoms in total. The number of hydrogen-bond acceptors (Lipinski definition) is 7. The van der Waals surface area contributed by atoms with Gasteiger partial charge >= 0.3 is 5.69 Å². The van der Waals surface area contributed by atoms with Crippen LogP contribution in [-0.2, 0) is 24.2 Å². The summed E-state index contributed by atoms with van der Waals surface area (Å²) < 4.78 is 1.83. The highest BCUT2D eigenvalue weighted by Crippen LogP contribution is 2.29. The summed E-state index contributed by atoms with van der Waals surface area (Å²) in [5, 5.41) is 5.87. The fraction of sp³-hybridized carbons (Fsp3) is 0.556. The van der Waals surface area contributed by atoms with Crippen molar-refractivity contribution in [3.63, 3.8) is 0 Å². The van der Waals surface area contributed by atoms with Gasteiger partial charge in [0.25, 0.3) is 0 Å². The van der Waals surface area contributed by atoms with Gasteiger partial charge < -0.3 is 10.2 Å². The summed E-state index contributed by atoms with van der Waals surface area (Å²) >= 11 is 2.73. The number of fused-ring (bicyclic) bond motifs is 1. The van der Waals surface area contributed by atoms with Crippen molar-refractivity contribution >= 4 is 34.1 Å². The normalized spacial score (nSPS) is 13.1. The molecule has 2 aromatic rings. The number of nitrogens with one attached hydrogen (secondary N) is 1. The van der Waals surface area contributed by atoms with E-state index in [9.17, 15) is 9.59 Å². The third-order valence-corrected chi connectivity index (χ3v) is 6.46. The molecular formula is C18H25N5O2S2. The summed E-state index contributed by atoms with van der Waals surface area (Å²) in [6.07, 6.45) is 4.51. The fourth-order valence-electron chi connectivity index (χ4n) is 3.29. The number of aromatic nitrogens is 3. The maximum absolute atomic E-state index is 12.6. The maximum Gasteiger partial charge on any atom is 0.348 e. The lowest BCUT2D eigenvalue weighted by atomic mass is 10.2. The number of carbonyl (C=O) groups is 1. The predicted molar refractivity (Wildman–Crippen MR) is 110 cm³/mol. The van der Waals surface area contributed by atoms with Crippen molar-refractivity contribution in [3.05, 3.63) is 33.3 Å². The molecule has 27 heavy (non-hydrogen) atoms. The van der Waals surface area contributed by atoms with Gasteiger partial charge in [-0.3, -0.25) is 9.36 Å². The number of rotatable bonds is 9. The Morgan fingerprint density at radius 1 is 1.37 bits per heavy atom. The molecule has 1 aliphatic carbocycles. The third-order valence-electron chi connectivity index (χ3n) is 4.75. The molecule has 9 heteroatoms. The summed E-state index contributed by atoms with van der Waals surface area (Å²) in [6, 6.07) is 0. The molecule has 0 aromatic carbocycles. The second-order valence-electron chi connectivity index (χ2n) is 6.33. The monoisotopic (exact) mass is 407 g/mol. The molecule has 0 fully saturated rings. The number of carbonyl (C=O) groups excluding carboxylic acids is 1. The van der Waals surface area contributed by atoms with Gasteiger partial charge in [-0.1, -0.05) is 25.6 Å². The number of amides is 1. The number of hydrogen-bond donors (Lipinski definition) is 1.